The van der Waals surface area contributed by atoms with Gasteiger partial charge in [-0.05, 0) is 54.1 Å². The molecule has 0 saturated heterocycles. The highest BCUT2D eigenvalue weighted by Crippen LogP contribution is 2.35. The van der Waals surface area contributed by atoms with Crippen molar-refractivity contribution in [2.75, 3.05) is 0 Å². The summed E-state index contributed by atoms with van der Waals surface area (Å²) in [4.78, 5) is 27.8. The van der Waals surface area contributed by atoms with Crippen LogP contribution in [0.5, 0.6) is 0 Å². The molecule has 0 radical (unpaired) electrons. The van der Waals surface area contributed by atoms with E-state index in [2.05, 4.69) is 32.1 Å². The van der Waals surface area contributed by atoms with Crippen LogP contribution in [-0.4, -0.2) is 29.9 Å². The molecule has 8 aromatic rings. The van der Waals surface area contributed by atoms with Crippen LogP contribution in [0.4, 0.5) is 0 Å². The van der Waals surface area contributed by atoms with E-state index in [1.807, 2.05) is 85.3 Å². The van der Waals surface area contributed by atoms with E-state index in [0.29, 0.717) is 5.82 Å². The number of nitrogens with zero attached hydrogens (tertiary/aromatic N) is 6. The predicted octanol–water partition coefficient (Wildman–Crippen LogP) is 7.26. The van der Waals surface area contributed by atoms with Gasteiger partial charge in [0.05, 0.1) is 16.7 Å². The summed E-state index contributed by atoms with van der Waals surface area (Å²) in [6, 6.07) is 26.0. The monoisotopic (exact) mass is 502 g/mol. The molecule has 0 unspecified atom stereocenters. The lowest BCUT2D eigenvalue weighted by Gasteiger charge is -2.11. The zero-order valence-electron chi connectivity index (χ0n) is 20.5. The smallest absolute Gasteiger partial charge is 0.160 e. The molecule has 39 heavy (non-hydrogen) atoms. The maximum absolute atomic E-state index is 5.97. The van der Waals surface area contributed by atoms with Gasteiger partial charge in [0.2, 0.25) is 0 Å². The fourth-order valence-corrected chi connectivity index (χ4v) is 5.14. The lowest BCUT2D eigenvalue weighted by atomic mass is 10.00. The first-order valence-corrected chi connectivity index (χ1v) is 12.5. The summed E-state index contributed by atoms with van der Waals surface area (Å²) in [5, 5.41) is 2.86. The maximum atomic E-state index is 5.97. The topological polar surface area (TPSA) is 90.5 Å². The third-order valence-electron chi connectivity index (χ3n) is 6.96. The van der Waals surface area contributed by atoms with Gasteiger partial charge in [-0.15, -0.1) is 0 Å². The Morgan fingerprint density at radius 1 is 0.564 bits per heavy atom. The minimum atomic E-state index is 0.625. The van der Waals surface area contributed by atoms with Gasteiger partial charge >= 0.3 is 0 Å². The third-order valence-corrected chi connectivity index (χ3v) is 6.96. The molecule has 0 aliphatic rings. The van der Waals surface area contributed by atoms with Gasteiger partial charge in [-0.3, -0.25) is 9.97 Å². The Labute approximate surface area is 221 Å². The Hall–Kier alpha value is -5.56. The average molecular weight is 503 g/mol. The molecule has 7 heteroatoms. The molecule has 8 rings (SSSR count). The number of furan rings is 1. The van der Waals surface area contributed by atoms with E-state index in [4.69, 9.17) is 14.4 Å². The second kappa shape index (κ2) is 8.49. The molecule has 0 amide bonds. The zero-order chi connectivity index (χ0) is 25.8. The van der Waals surface area contributed by atoms with Gasteiger partial charge in [0.15, 0.2) is 11.4 Å². The van der Waals surface area contributed by atoms with Crippen LogP contribution in [0.3, 0.4) is 0 Å². The first-order valence-electron chi connectivity index (χ1n) is 12.5. The summed E-state index contributed by atoms with van der Waals surface area (Å²) >= 11 is 0. The van der Waals surface area contributed by atoms with Crippen LogP contribution in [0.15, 0.2) is 114 Å². The molecule has 7 nitrogen and oxygen atoms in total. The van der Waals surface area contributed by atoms with Gasteiger partial charge in [0.1, 0.15) is 17.4 Å². The fraction of sp³-hybridized carbons (Fsp3) is 0. The number of benzene rings is 3. The molecule has 0 atom stereocenters. The Balaban J connectivity index is 1.33. The van der Waals surface area contributed by atoms with E-state index in [9.17, 15) is 0 Å². The second-order valence-electron chi connectivity index (χ2n) is 9.30. The number of fused-ring (bicyclic) bond motifs is 5. The molecule has 0 saturated carbocycles. The minimum Gasteiger partial charge on any atom is -0.454 e. The van der Waals surface area contributed by atoms with Crippen molar-refractivity contribution in [2.45, 2.75) is 0 Å². The molecule has 5 heterocycles. The van der Waals surface area contributed by atoms with E-state index < -0.39 is 0 Å². The number of pyridine rings is 2. The molecule has 0 aliphatic heterocycles. The Kier molecular flexibility index (Phi) is 4.69. The third kappa shape index (κ3) is 3.52. The van der Waals surface area contributed by atoms with E-state index >= 15 is 0 Å². The normalized spacial score (nSPS) is 11.6. The first-order chi connectivity index (χ1) is 19.3. The predicted molar refractivity (Wildman–Crippen MR) is 152 cm³/mol. The largest absolute Gasteiger partial charge is 0.454 e. The quantitative estimate of drug-likeness (QED) is 0.251. The lowest BCUT2D eigenvalue weighted by Crippen LogP contribution is -1.96. The summed E-state index contributed by atoms with van der Waals surface area (Å²) in [6.07, 6.45) is 8.89. The van der Waals surface area contributed by atoms with Gasteiger partial charge in [-0.25, -0.2) is 19.9 Å². The van der Waals surface area contributed by atoms with Crippen LogP contribution >= 0.6 is 0 Å². The van der Waals surface area contributed by atoms with Gasteiger partial charge < -0.3 is 4.42 Å². The Morgan fingerprint density at radius 3 is 2.49 bits per heavy atom. The molecule has 0 aliphatic carbocycles. The number of hydrogen-bond acceptors (Lipinski definition) is 7. The summed E-state index contributed by atoms with van der Waals surface area (Å²) in [5.41, 5.74) is 8.70. The maximum Gasteiger partial charge on any atom is 0.160 e. The number of rotatable bonds is 3. The van der Waals surface area contributed by atoms with Crippen molar-refractivity contribution in [2.24, 2.45) is 0 Å². The standard InChI is InChI=1S/C32H18N6O/c1-2-7-27-23(5-1)30(21-13-20(15-33-16-21)22-6-3-8-26-25(22)17-34-18-36-26)38-32(37-27)19-10-11-28-24(14-19)31-29(39-28)9-4-12-35-31/h1-18H. The van der Waals surface area contributed by atoms with Crippen molar-refractivity contribution in [3.8, 4) is 33.8 Å². The van der Waals surface area contributed by atoms with Crippen molar-refractivity contribution < 1.29 is 4.42 Å². The molecule has 0 spiro atoms. The molecular formula is C32H18N6O. The molecule has 0 fully saturated rings. The molecule has 3 aromatic carbocycles. The molecule has 5 aromatic heterocycles. The fourth-order valence-electron chi connectivity index (χ4n) is 5.14. The highest BCUT2D eigenvalue weighted by atomic mass is 16.3. The van der Waals surface area contributed by atoms with E-state index in [0.717, 1.165) is 71.8 Å². The molecular weight excluding hydrogens is 484 g/mol. The average Bonchev–Trinajstić information content (AvgIpc) is 3.38. The van der Waals surface area contributed by atoms with Crippen LogP contribution in [0, 0.1) is 0 Å². The van der Waals surface area contributed by atoms with Crippen molar-refractivity contribution in [3.63, 3.8) is 0 Å². The Bertz CT molecular complexity index is 2200. The Morgan fingerprint density at radius 2 is 1.49 bits per heavy atom. The van der Waals surface area contributed by atoms with Gasteiger partial charge in [0, 0.05) is 57.6 Å². The van der Waals surface area contributed by atoms with Crippen molar-refractivity contribution >= 4 is 43.9 Å². The van der Waals surface area contributed by atoms with Crippen molar-refractivity contribution in [1.82, 2.24) is 29.9 Å². The summed E-state index contributed by atoms with van der Waals surface area (Å²) in [7, 11) is 0. The van der Waals surface area contributed by atoms with Gasteiger partial charge in [-0.2, -0.15) is 0 Å². The van der Waals surface area contributed by atoms with Gasteiger partial charge in [0.25, 0.3) is 0 Å². The summed E-state index contributed by atoms with van der Waals surface area (Å²) in [6.45, 7) is 0. The van der Waals surface area contributed by atoms with Crippen LogP contribution in [0.25, 0.3) is 77.6 Å². The SMILES string of the molecule is c1cc(-c2cncc(-c3nc(-c4ccc5oc6cccnc6c5c4)nc4ccccc34)c2)c2cncnc2c1. The highest BCUT2D eigenvalue weighted by molar-refractivity contribution is 6.04. The first kappa shape index (κ1) is 21.5. The van der Waals surface area contributed by atoms with E-state index in [-0.39, 0.29) is 0 Å². The highest BCUT2D eigenvalue weighted by Gasteiger charge is 2.15. The number of aromatic nitrogens is 6. The minimum absolute atomic E-state index is 0.625. The van der Waals surface area contributed by atoms with Crippen LogP contribution in [-0.2, 0) is 0 Å². The molecule has 182 valence electrons. The van der Waals surface area contributed by atoms with E-state index in [1.165, 1.54) is 0 Å². The van der Waals surface area contributed by atoms with Crippen LogP contribution in [0.2, 0.25) is 0 Å². The van der Waals surface area contributed by atoms with E-state index in [1.54, 1.807) is 12.5 Å². The van der Waals surface area contributed by atoms with Crippen LogP contribution < -0.4 is 0 Å². The summed E-state index contributed by atoms with van der Waals surface area (Å²) < 4.78 is 5.97. The van der Waals surface area contributed by atoms with Crippen molar-refractivity contribution in [3.05, 3.63) is 110 Å². The molecule has 0 bridgehead atoms. The zero-order valence-corrected chi connectivity index (χ0v) is 20.5. The second-order valence-corrected chi connectivity index (χ2v) is 9.30. The summed E-state index contributed by atoms with van der Waals surface area (Å²) in [5.74, 6) is 0.625. The van der Waals surface area contributed by atoms with Crippen LogP contribution in [0.1, 0.15) is 0 Å². The van der Waals surface area contributed by atoms with Gasteiger partial charge in [-0.1, -0.05) is 30.3 Å². The number of hydrogen-bond donors (Lipinski definition) is 0. The molecule has 0 N–H and O–H groups in total. The van der Waals surface area contributed by atoms with Crippen molar-refractivity contribution in [1.29, 1.82) is 0 Å². The number of para-hydroxylation sites is 1. The lowest BCUT2D eigenvalue weighted by molar-refractivity contribution is 0.668.